The molecule has 1 atom stereocenters. The molecular weight excluding hydrogens is 493 g/mol. The van der Waals surface area contributed by atoms with Crippen molar-refractivity contribution in [2.75, 3.05) is 12.0 Å². The number of alkyl halides is 3. The van der Waals surface area contributed by atoms with Gasteiger partial charge in [0.15, 0.2) is 0 Å². The Morgan fingerprint density at radius 1 is 1.03 bits per heavy atom. The lowest BCUT2D eigenvalue weighted by molar-refractivity contribution is -0.137. The molecule has 4 rings (SSSR count). The first-order chi connectivity index (χ1) is 18.2. The van der Waals surface area contributed by atoms with Crippen LogP contribution in [0.1, 0.15) is 42.9 Å². The van der Waals surface area contributed by atoms with E-state index in [-0.39, 0.29) is 12.0 Å². The van der Waals surface area contributed by atoms with Crippen molar-refractivity contribution >= 4 is 5.69 Å². The highest BCUT2D eigenvalue weighted by Gasteiger charge is 2.30. The minimum absolute atomic E-state index is 0.247. The van der Waals surface area contributed by atoms with Crippen LogP contribution in [0.5, 0.6) is 5.75 Å². The van der Waals surface area contributed by atoms with Crippen LogP contribution in [0.2, 0.25) is 0 Å². The number of benzene rings is 2. The summed E-state index contributed by atoms with van der Waals surface area (Å²) in [5.74, 6) is 6.54. The topological polar surface area (TPSA) is 99.3 Å². The molecule has 1 unspecified atom stereocenters. The zero-order valence-corrected chi connectivity index (χ0v) is 21.3. The summed E-state index contributed by atoms with van der Waals surface area (Å²) in [5, 5.41) is 0. The van der Waals surface area contributed by atoms with Gasteiger partial charge in [0.1, 0.15) is 5.75 Å². The molecule has 0 aliphatic rings. The Morgan fingerprint density at radius 3 is 2.42 bits per heavy atom. The molecule has 38 heavy (non-hydrogen) atoms. The second-order valence-electron chi connectivity index (χ2n) is 9.48. The van der Waals surface area contributed by atoms with Crippen LogP contribution in [0.15, 0.2) is 77.7 Å². The summed E-state index contributed by atoms with van der Waals surface area (Å²) in [5.41, 5.74) is 14.4. The van der Waals surface area contributed by atoms with Crippen LogP contribution in [0.3, 0.4) is 0 Å². The van der Waals surface area contributed by atoms with Gasteiger partial charge in [0.25, 0.3) is 0 Å². The highest BCUT2D eigenvalue weighted by atomic mass is 19.4. The molecule has 6 nitrogen and oxygen atoms in total. The highest BCUT2D eigenvalue weighted by molar-refractivity contribution is 5.82. The van der Waals surface area contributed by atoms with Crippen LogP contribution >= 0.6 is 0 Å². The van der Waals surface area contributed by atoms with Crippen molar-refractivity contribution in [3.63, 3.8) is 0 Å². The number of furan rings is 1. The summed E-state index contributed by atoms with van der Waals surface area (Å²) >= 11 is 0. The molecule has 0 radical (unpaired) electrons. The number of hydrogen-bond acceptors (Lipinski definition) is 6. The molecule has 0 saturated carbocycles. The molecule has 4 aromatic rings. The molecule has 200 valence electrons. The van der Waals surface area contributed by atoms with Gasteiger partial charge in [-0.3, -0.25) is 10.8 Å². The van der Waals surface area contributed by atoms with E-state index >= 15 is 0 Å². The summed E-state index contributed by atoms with van der Waals surface area (Å²) < 4.78 is 49.6. The number of hydrogen-bond donors (Lipinski definition) is 3. The molecule has 2 aromatic carbocycles. The molecule has 5 N–H and O–H groups in total. The Morgan fingerprint density at radius 2 is 1.79 bits per heavy atom. The predicted octanol–water partition coefficient (Wildman–Crippen LogP) is 6.78. The zero-order chi connectivity index (χ0) is 27.3. The molecular formula is C29H31F3N4O2. The van der Waals surface area contributed by atoms with E-state index in [0.717, 1.165) is 51.3 Å². The van der Waals surface area contributed by atoms with Crippen molar-refractivity contribution in [3.05, 3.63) is 90.0 Å². The minimum Gasteiger partial charge on any atom is -0.492 e. The van der Waals surface area contributed by atoms with Crippen LogP contribution in [0.4, 0.5) is 18.9 Å². The largest absolute Gasteiger partial charge is 0.492 e. The number of nitrogen functional groups attached to an aromatic ring is 1. The number of ether oxygens (including phenoxy) is 1. The van der Waals surface area contributed by atoms with Gasteiger partial charge in [-0.15, -0.1) is 0 Å². The van der Waals surface area contributed by atoms with E-state index in [1.54, 1.807) is 18.7 Å². The first kappa shape index (κ1) is 27.2. The molecule has 0 aliphatic carbocycles. The maximum absolute atomic E-state index is 12.8. The lowest BCUT2D eigenvalue weighted by Gasteiger charge is -2.17. The van der Waals surface area contributed by atoms with Gasteiger partial charge >= 0.3 is 6.18 Å². The van der Waals surface area contributed by atoms with Crippen molar-refractivity contribution < 1.29 is 22.3 Å². The lowest BCUT2D eigenvalue weighted by atomic mass is 9.94. The third-order valence-corrected chi connectivity index (χ3v) is 6.33. The van der Waals surface area contributed by atoms with Gasteiger partial charge in [-0.25, -0.2) is 0 Å². The second kappa shape index (κ2) is 11.7. The molecule has 0 saturated heterocycles. The summed E-state index contributed by atoms with van der Waals surface area (Å²) in [6.45, 7) is 4.53. The second-order valence-corrected chi connectivity index (χ2v) is 9.48. The van der Waals surface area contributed by atoms with Crippen molar-refractivity contribution in [1.82, 2.24) is 4.98 Å². The summed E-state index contributed by atoms with van der Waals surface area (Å²) in [7, 11) is 0. The lowest BCUT2D eigenvalue weighted by Crippen LogP contribution is -2.25. The van der Waals surface area contributed by atoms with Gasteiger partial charge in [0.2, 0.25) is 0 Å². The Kier molecular flexibility index (Phi) is 8.38. The monoisotopic (exact) mass is 524 g/mol. The third kappa shape index (κ3) is 6.54. The number of aromatic nitrogens is 1. The fraction of sp³-hybridized carbons (Fsp3) is 0.276. The third-order valence-electron chi connectivity index (χ3n) is 6.33. The molecule has 9 heteroatoms. The predicted molar refractivity (Wildman–Crippen MR) is 143 cm³/mol. The van der Waals surface area contributed by atoms with E-state index in [1.807, 2.05) is 24.3 Å². The molecule has 0 amide bonds. The van der Waals surface area contributed by atoms with Gasteiger partial charge in [-0.2, -0.15) is 13.2 Å². The number of anilines is 1. The number of nitrogens with one attached hydrogen (secondary N) is 1. The molecule has 0 spiro atoms. The smallest absolute Gasteiger partial charge is 0.416 e. The summed E-state index contributed by atoms with van der Waals surface area (Å²) in [6, 6.07) is 14.6. The van der Waals surface area contributed by atoms with Crippen LogP contribution < -0.4 is 21.7 Å². The first-order valence-corrected chi connectivity index (χ1v) is 12.3. The first-order valence-electron chi connectivity index (χ1n) is 12.3. The molecule has 2 heterocycles. The van der Waals surface area contributed by atoms with Gasteiger partial charge in [-0.05, 0) is 71.8 Å². The fourth-order valence-corrected chi connectivity index (χ4v) is 4.28. The van der Waals surface area contributed by atoms with E-state index in [9.17, 15) is 13.2 Å². The Hall–Kier alpha value is -3.82. The number of rotatable bonds is 10. The number of halogens is 3. The van der Waals surface area contributed by atoms with Crippen molar-refractivity contribution in [2.45, 2.75) is 44.8 Å². The SMILES string of the molecule is CC(C)c1cc(-c2cc(OCCC(N)Cc3ccc(C(F)(F)F)cc3)cnc2-c2ccoc2)ccc1NN. The summed E-state index contributed by atoms with van der Waals surface area (Å²) in [6.07, 6.45) is 1.52. The molecule has 2 aromatic heterocycles. The number of pyridine rings is 1. The molecule has 0 fully saturated rings. The van der Waals surface area contributed by atoms with Gasteiger partial charge in [-0.1, -0.05) is 32.0 Å². The Bertz CT molecular complexity index is 1340. The van der Waals surface area contributed by atoms with Crippen LogP contribution in [-0.4, -0.2) is 17.6 Å². The van der Waals surface area contributed by atoms with Gasteiger partial charge in [0.05, 0.1) is 42.3 Å². The van der Waals surface area contributed by atoms with E-state index in [0.29, 0.717) is 25.2 Å². The van der Waals surface area contributed by atoms with Gasteiger partial charge < -0.3 is 20.3 Å². The average molecular weight is 525 g/mol. The van der Waals surface area contributed by atoms with Crippen molar-refractivity contribution in [1.29, 1.82) is 0 Å². The maximum atomic E-state index is 12.8. The normalized spacial score (nSPS) is 12.5. The van der Waals surface area contributed by atoms with E-state index in [2.05, 4.69) is 30.3 Å². The van der Waals surface area contributed by atoms with E-state index in [4.69, 9.17) is 20.7 Å². The number of hydrazine groups is 1. The molecule has 0 bridgehead atoms. The van der Waals surface area contributed by atoms with Crippen molar-refractivity contribution in [2.24, 2.45) is 11.6 Å². The maximum Gasteiger partial charge on any atom is 0.416 e. The van der Waals surface area contributed by atoms with E-state index in [1.165, 1.54) is 12.1 Å². The van der Waals surface area contributed by atoms with E-state index < -0.39 is 11.7 Å². The number of nitrogens with zero attached hydrogens (tertiary/aromatic N) is 1. The minimum atomic E-state index is -4.35. The number of nitrogens with two attached hydrogens (primary N) is 2. The standard InChI is InChI=1S/C29H31F3N4O2/c1-18(2)25-14-20(5-8-27(25)36-34)26-15-24(16-35-28(26)21-9-11-37-17-21)38-12-10-23(33)13-19-3-6-22(7-4-19)29(30,31)32/h3-9,11,14-18,23,36H,10,12-13,33-34H2,1-2H3. The molecule has 0 aliphatic heterocycles. The summed E-state index contributed by atoms with van der Waals surface area (Å²) in [4.78, 5) is 4.66. The van der Waals surface area contributed by atoms with Crippen molar-refractivity contribution in [3.8, 4) is 28.1 Å². The fourth-order valence-electron chi connectivity index (χ4n) is 4.28. The van der Waals surface area contributed by atoms with Crippen LogP contribution in [0.25, 0.3) is 22.4 Å². The Labute approximate surface area is 219 Å². The highest BCUT2D eigenvalue weighted by Crippen LogP contribution is 2.36. The van der Waals surface area contributed by atoms with Crippen LogP contribution in [-0.2, 0) is 12.6 Å². The van der Waals surface area contributed by atoms with Gasteiger partial charge in [0, 0.05) is 17.2 Å². The Balaban J connectivity index is 1.48. The van der Waals surface area contributed by atoms with Crippen LogP contribution in [0, 0.1) is 0 Å². The average Bonchev–Trinajstić information content (AvgIpc) is 3.43. The quantitative estimate of drug-likeness (QED) is 0.156. The zero-order valence-electron chi connectivity index (χ0n) is 21.3.